The maximum absolute atomic E-state index is 11.7. The number of non-ortho nitro benzene ring substituents is 1. The zero-order valence-electron chi connectivity index (χ0n) is 11.2. The number of hydrogen-bond donors (Lipinski definition) is 1. The first-order valence-corrected chi connectivity index (χ1v) is 6.82. The number of carbonyl (C=O) groups is 1. The molecule has 22 heavy (non-hydrogen) atoms. The Kier molecular flexibility index (Phi) is 3.60. The van der Waals surface area contributed by atoms with Crippen LogP contribution in [0.25, 0.3) is 0 Å². The van der Waals surface area contributed by atoms with Gasteiger partial charge in [-0.05, 0) is 12.1 Å². The minimum Gasteiger partial charge on any atom is -0.324 e. The molecule has 0 unspecified atom stereocenters. The van der Waals surface area contributed by atoms with E-state index in [0.717, 1.165) is 0 Å². The minimum atomic E-state index is -0.489. The lowest BCUT2D eigenvalue weighted by atomic mass is 10.00. The van der Waals surface area contributed by atoms with Gasteiger partial charge in [0.25, 0.3) is 5.69 Å². The monoisotopic (exact) mass is 317 g/mol. The molecule has 2 aromatic rings. The van der Waals surface area contributed by atoms with Gasteiger partial charge in [0.1, 0.15) is 6.54 Å². The van der Waals surface area contributed by atoms with E-state index in [-0.39, 0.29) is 18.1 Å². The second-order valence-corrected chi connectivity index (χ2v) is 5.09. The van der Waals surface area contributed by atoms with Gasteiger partial charge in [0, 0.05) is 28.3 Å². The fourth-order valence-electron chi connectivity index (χ4n) is 2.26. The lowest BCUT2D eigenvalue weighted by molar-refractivity contribution is -0.384. The molecule has 2 aromatic carbocycles. The summed E-state index contributed by atoms with van der Waals surface area (Å²) in [7, 11) is 0. The number of aliphatic imine (C=N–C) groups is 1. The summed E-state index contributed by atoms with van der Waals surface area (Å²) in [5.41, 5.74) is 1.97. The van der Waals surface area contributed by atoms with Crippen LogP contribution in [-0.4, -0.2) is 23.1 Å². The van der Waals surface area contributed by atoms with Gasteiger partial charge in [0.2, 0.25) is 5.91 Å². The molecule has 0 saturated carbocycles. The molecule has 0 radical (unpaired) electrons. The molecule has 0 fully saturated rings. The third kappa shape index (κ3) is 2.56. The molecule has 110 valence electrons. The Morgan fingerprint density at radius 3 is 2.68 bits per heavy atom. The van der Waals surface area contributed by atoms with E-state index >= 15 is 0 Å². The Morgan fingerprint density at radius 1 is 1.18 bits per heavy atom. The standard InChI is InChI=1S/C15H10ClN3O3/c16-12-4-2-1-3-10(12)15-11-7-9(19(21)22)5-6-13(11)18-14(20)8-17-15/h1-7H,8H2,(H,18,20)/i8+1,14+1. The molecule has 0 aliphatic carbocycles. The number of hydrogen-bond acceptors (Lipinski definition) is 4. The molecule has 1 amide bonds. The van der Waals surface area contributed by atoms with E-state index in [1.54, 1.807) is 24.3 Å². The average Bonchev–Trinajstić information content (AvgIpc) is 2.65. The summed E-state index contributed by atoms with van der Waals surface area (Å²) in [6, 6.07) is 11.3. The van der Waals surface area contributed by atoms with Crippen molar-refractivity contribution >= 4 is 34.6 Å². The van der Waals surface area contributed by atoms with Crippen molar-refractivity contribution in [2.24, 2.45) is 4.99 Å². The quantitative estimate of drug-likeness (QED) is 0.525. The molecule has 1 aliphatic heterocycles. The number of carbonyl (C=O) groups excluding carboxylic acids is 1. The fourth-order valence-corrected chi connectivity index (χ4v) is 2.49. The molecular formula is C15H10ClN3O3. The zero-order valence-corrected chi connectivity index (χ0v) is 12.0. The molecule has 0 saturated heterocycles. The number of nitro groups is 1. The summed E-state index contributed by atoms with van der Waals surface area (Å²) in [5, 5.41) is 14.2. The highest BCUT2D eigenvalue weighted by atomic mass is 35.5. The number of anilines is 1. The van der Waals surface area contributed by atoms with Crippen molar-refractivity contribution in [3.8, 4) is 0 Å². The molecule has 0 aromatic heterocycles. The van der Waals surface area contributed by atoms with E-state index < -0.39 is 4.92 Å². The second kappa shape index (κ2) is 5.57. The van der Waals surface area contributed by atoms with Crippen LogP contribution in [-0.2, 0) is 4.79 Å². The molecule has 0 atom stereocenters. The first-order chi connectivity index (χ1) is 10.6. The normalized spacial score (nSPS) is 13.7. The van der Waals surface area contributed by atoms with Gasteiger partial charge in [0.05, 0.1) is 16.3 Å². The molecular weight excluding hydrogens is 308 g/mol. The first-order valence-electron chi connectivity index (χ1n) is 6.44. The van der Waals surface area contributed by atoms with Gasteiger partial charge in [-0.2, -0.15) is 0 Å². The van der Waals surface area contributed by atoms with E-state index in [2.05, 4.69) is 10.3 Å². The molecule has 1 N–H and O–H groups in total. The predicted octanol–water partition coefficient (Wildman–Crippen LogP) is 3.04. The minimum absolute atomic E-state index is 0.0664. The molecule has 0 bridgehead atoms. The van der Waals surface area contributed by atoms with Gasteiger partial charge in [-0.1, -0.05) is 29.8 Å². The summed E-state index contributed by atoms with van der Waals surface area (Å²) in [6.07, 6.45) is 0. The van der Waals surface area contributed by atoms with Crippen molar-refractivity contribution in [3.63, 3.8) is 0 Å². The Balaban J connectivity index is 2.23. The lowest BCUT2D eigenvalue weighted by Gasteiger charge is -2.11. The topological polar surface area (TPSA) is 84.6 Å². The Labute approximate surface area is 130 Å². The van der Waals surface area contributed by atoms with E-state index in [1.807, 2.05) is 0 Å². The molecule has 0 spiro atoms. The van der Waals surface area contributed by atoms with Crippen LogP contribution >= 0.6 is 11.6 Å². The van der Waals surface area contributed by atoms with Crippen LogP contribution in [0.5, 0.6) is 0 Å². The van der Waals surface area contributed by atoms with Crippen LogP contribution in [0.15, 0.2) is 47.5 Å². The molecule has 6 nitrogen and oxygen atoms in total. The van der Waals surface area contributed by atoms with Gasteiger partial charge >= 0.3 is 0 Å². The van der Waals surface area contributed by atoms with Gasteiger partial charge in [-0.15, -0.1) is 0 Å². The van der Waals surface area contributed by atoms with Gasteiger partial charge < -0.3 is 5.32 Å². The van der Waals surface area contributed by atoms with Gasteiger partial charge in [0.15, 0.2) is 0 Å². The highest BCUT2D eigenvalue weighted by Gasteiger charge is 2.22. The van der Waals surface area contributed by atoms with Crippen molar-refractivity contribution in [2.45, 2.75) is 0 Å². The van der Waals surface area contributed by atoms with Crippen LogP contribution in [0, 0.1) is 10.1 Å². The molecule has 1 aliphatic rings. The van der Waals surface area contributed by atoms with Crippen LogP contribution in [0.2, 0.25) is 5.02 Å². The van der Waals surface area contributed by atoms with Crippen LogP contribution < -0.4 is 5.32 Å². The molecule has 7 heteroatoms. The summed E-state index contributed by atoms with van der Waals surface area (Å²) < 4.78 is 0. The Hall–Kier alpha value is -2.73. The predicted molar refractivity (Wildman–Crippen MR) is 83.7 cm³/mol. The number of nitrogens with one attached hydrogen (secondary N) is 1. The Morgan fingerprint density at radius 2 is 1.95 bits per heavy atom. The number of rotatable bonds is 2. The number of benzene rings is 2. The van der Waals surface area contributed by atoms with Gasteiger partial charge in [-0.3, -0.25) is 19.9 Å². The molecule has 1 heterocycles. The smallest absolute Gasteiger partial charge is 0.270 e. The van der Waals surface area contributed by atoms with Crippen LogP contribution in [0.1, 0.15) is 11.1 Å². The first kappa shape index (κ1) is 14.2. The number of amides is 1. The van der Waals surface area contributed by atoms with E-state index in [1.165, 1.54) is 18.2 Å². The van der Waals surface area contributed by atoms with Crippen molar-refractivity contribution in [3.05, 3.63) is 68.7 Å². The van der Waals surface area contributed by atoms with Gasteiger partial charge in [-0.25, -0.2) is 0 Å². The number of fused-ring (bicyclic) bond motifs is 1. The van der Waals surface area contributed by atoms with Crippen LogP contribution in [0.4, 0.5) is 11.4 Å². The third-order valence-electron chi connectivity index (χ3n) is 3.25. The Bertz CT molecular complexity index is 817. The van der Waals surface area contributed by atoms with Crippen molar-refractivity contribution in [1.29, 1.82) is 0 Å². The highest BCUT2D eigenvalue weighted by molar-refractivity contribution is 6.36. The number of benzodiazepines with no additional fused rings is 1. The number of nitro benzene ring substituents is 1. The number of nitrogens with zero attached hydrogens (tertiary/aromatic N) is 2. The van der Waals surface area contributed by atoms with Crippen molar-refractivity contribution < 1.29 is 9.72 Å². The summed E-state index contributed by atoms with van der Waals surface area (Å²) in [5.74, 6) is -0.280. The fraction of sp³-hybridized carbons (Fsp3) is 0.0667. The molecule has 3 rings (SSSR count). The van der Waals surface area contributed by atoms with Crippen molar-refractivity contribution in [2.75, 3.05) is 11.9 Å². The maximum Gasteiger partial charge on any atom is 0.270 e. The summed E-state index contributed by atoms with van der Waals surface area (Å²) >= 11 is 6.20. The zero-order chi connectivity index (χ0) is 15.7. The number of halogens is 1. The maximum atomic E-state index is 11.7. The van der Waals surface area contributed by atoms with E-state index in [9.17, 15) is 14.9 Å². The van der Waals surface area contributed by atoms with E-state index in [4.69, 9.17) is 11.6 Å². The highest BCUT2D eigenvalue weighted by Crippen LogP contribution is 2.29. The summed E-state index contributed by atoms with van der Waals surface area (Å²) in [6.45, 7) is -0.0664. The van der Waals surface area contributed by atoms with Crippen molar-refractivity contribution in [1.82, 2.24) is 0 Å². The largest absolute Gasteiger partial charge is 0.324 e. The summed E-state index contributed by atoms with van der Waals surface area (Å²) in [4.78, 5) is 26.5. The third-order valence-corrected chi connectivity index (χ3v) is 3.58. The van der Waals surface area contributed by atoms with E-state index in [0.29, 0.717) is 27.5 Å². The van der Waals surface area contributed by atoms with Crippen LogP contribution in [0.3, 0.4) is 0 Å². The SMILES string of the molecule is O=[13C]1[13CH2]N=C(c2ccccc2Cl)c2cc([N+](=O)[O-])ccc2N1. The lowest BCUT2D eigenvalue weighted by Crippen LogP contribution is -2.13. The second-order valence-electron chi connectivity index (χ2n) is 4.68. The average molecular weight is 318 g/mol.